The molecule has 17 heteroatoms. The van der Waals surface area contributed by atoms with Crippen LogP contribution in [0, 0.1) is 0 Å². The maximum Gasteiger partial charge on any atom is 0.421 e. The molecule has 4 heterocycles. The number of halogens is 6. The van der Waals surface area contributed by atoms with Gasteiger partial charge in [-0.3, -0.25) is 4.90 Å². The first kappa shape index (κ1) is 36.0. The van der Waals surface area contributed by atoms with Crippen molar-refractivity contribution in [3.63, 3.8) is 0 Å². The summed E-state index contributed by atoms with van der Waals surface area (Å²) in [5, 5.41) is 9.69. The predicted molar refractivity (Wildman–Crippen MR) is 171 cm³/mol. The number of benzene rings is 2. The first-order valence-corrected chi connectivity index (χ1v) is 16.0. The van der Waals surface area contributed by atoms with E-state index < -0.39 is 41.9 Å². The summed E-state index contributed by atoms with van der Waals surface area (Å²) in [5.41, 5.74) is -0.782. The molecular weight excluding hydrogens is 688 g/mol. The van der Waals surface area contributed by atoms with Crippen LogP contribution >= 0.6 is 0 Å². The molecule has 2 aliphatic heterocycles. The van der Waals surface area contributed by atoms with E-state index in [1.54, 1.807) is 6.07 Å². The van der Waals surface area contributed by atoms with Crippen LogP contribution in [0.15, 0.2) is 42.5 Å². The molecular formula is C34H35F6N5O6. The number of aromatic carboxylic acids is 1. The number of carboxylic acids is 1. The number of anilines is 1. The summed E-state index contributed by atoms with van der Waals surface area (Å²) >= 11 is 0. The van der Waals surface area contributed by atoms with E-state index in [1.807, 2.05) is 16.4 Å². The third kappa shape index (κ3) is 7.63. The van der Waals surface area contributed by atoms with E-state index in [0.717, 1.165) is 37.8 Å². The molecule has 2 aliphatic rings. The van der Waals surface area contributed by atoms with Crippen molar-refractivity contribution in [1.82, 2.24) is 19.4 Å². The maximum atomic E-state index is 14.0. The number of piperazine rings is 1. The van der Waals surface area contributed by atoms with Crippen molar-refractivity contribution in [2.24, 2.45) is 0 Å². The highest BCUT2D eigenvalue weighted by molar-refractivity contribution is 5.95. The van der Waals surface area contributed by atoms with Crippen molar-refractivity contribution in [2.75, 3.05) is 45.4 Å². The largest absolute Gasteiger partial charge is 0.496 e. The Kier molecular flexibility index (Phi) is 9.96. The minimum absolute atomic E-state index is 0.0441. The van der Waals surface area contributed by atoms with Crippen molar-refractivity contribution >= 4 is 22.8 Å². The van der Waals surface area contributed by atoms with Crippen LogP contribution < -0.4 is 19.1 Å². The summed E-state index contributed by atoms with van der Waals surface area (Å²) in [6.45, 7) is 4.24. The van der Waals surface area contributed by atoms with Gasteiger partial charge in [-0.25, -0.2) is 9.78 Å². The van der Waals surface area contributed by atoms with Crippen molar-refractivity contribution in [3.8, 4) is 17.4 Å². The molecule has 0 spiro atoms. The van der Waals surface area contributed by atoms with Gasteiger partial charge in [0.1, 0.15) is 40.8 Å². The summed E-state index contributed by atoms with van der Waals surface area (Å²) in [6.07, 6.45) is -8.63. The van der Waals surface area contributed by atoms with Crippen LogP contribution in [0.2, 0.25) is 0 Å². The summed E-state index contributed by atoms with van der Waals surface area (Å²) in [4.78, 5) is 24.9. The van der Waals surface area contributed by atoms with Gasteiger partial charge in [-0.1, -0.05) is 6.07 Å². The summed E-state index contributed by atoms with van der Waals surface area (Å²) in [6, 6.07) is 7.68. The second kappa shape index (κ2) is 14.1. The number of carboxylic acid groups (broad SMARTS) is 1. The monoisotopic (exact) mass is 723 g/mol. The molecule has 6 rings (SSSR count). The molecule has 0 saturated carbocycles. The Balaban J connectivity index is 1.21. The molecule has 51 heavy (non-hydrogen) atoms. The van der Waals surface area contributed by atoms with Gasteiger partial charge in [0.2, 0.25) is 5.88 Å². The van der Waals surface area contributed by atoms with E-state index in [9.17, 15) is 36.2 Å². The lowest BCUT2D eigenvalue weighted by Gasteiger charge is -2.40. The quantitative estimate of drug-likeness (QED) is 0.178. The van der Waals surface area contributed by atoms with Crippen LogP contribution in [0.1, 0.15) is 46.2 Å². The maximum absolute atomic E-state index is 14.0. The van der Waals surface area contributed by atoms with E-state index in [4.69, 9.17) is 23.9 Å². The Morgan fingerprint density at radius 2 is 1.73 bits per heavy atom. The Morgan fingerprint density at radius 3 is 2.33 bits per heavy atom. The van der Waals surface area contributed by atoms with Crippen LogP contribution in [0.25, 0.3) is 11.0 Å². The first-order valence-electron chi connectivity index (χ1n) is 16.0. The van der Waals surface area contributed by atoms with Gasteiger partial charge in [-0.05, 0) is 49.7 Å². The van der Waals surface area contributed by atoms with Crippen molar-refractivity contribution in [2.45, 2.75) is 57.5 Å². The Labute approximate surface area is 288 Å². The number of ether oxygens (including phenoxy) is 4. The van der Waals surface area contributed by atoms with Gasteiger partial charge in [0, 0.05) is 37.8 Å². The average molecular weight is 724 g/mol. The number of pyridine rings is 1. The van der Waals surface area contributed by atoms with E-state index >= 15 is 0 Å². The van der Waals surface area contributed by atoms with Crippen molar-refractivity contribution in [1.29, 1.82) is 0 Å². The highest BCUT2D eigenvalue weighted by Crippen LogP contribution is 2.38. The topological polar surface area (TPSA) is 111 Å². The lowest BCUT2D eigenvalue weighted by Crippen LogP contribution is -2.52. The molecule has 0 amide bonds. The van der Waals surface area contributed by atoms with Crippen LogP contribution in [-0.2, 0) is 36.8 Å². The number of aromatic nitrogens is 3. The predicted octanol–water partition coefficient (Wildman–Crippen LogP) is 6.26. The highest BCUT2D eigenvalue weighted by atomic mass is 19.4. The number of rotatable bonds is 11. The SMILES string of the molecule is COc1cc(C(F)(F)F)ccc1COc1nc(N2CCN(Cc3nc4c(OC)cc(C(=O)O)cc4n3C[C@@H]3CCO3)[C@@H](C)C2)ccc1C(F)(F)F. The fraction of sp³-hybridized carbons (Fsp3) is 0.441. The van der Waals surface area contributed by atoms with E-state index in [0.29, 0.717) is 61.9 Å². The number of fused-ring (bicyclic) bond motifs is 1. The zero-order valence-electron chi connectivity index (χ0n) is 27.8. The van der Waals surface area contributed by atoms with Crippen LogP contribution in [0.3, 0.4) is 0 Å². The van der Waals surface area contributed by atoms with E-state index in [-0.39, 0.29) is 34.8 Å². The summed E-state index contributed by atoms with van der Waals surface area (Å²) in [5.74, 6) is -0.736. The molecule has 274 valence electrons. The van der Waals surface area contributed by atoms with E-state index in [2.05, 4.69) is 9.88 Å². The molecule has 2 atom stereocenters. The fourth-order valence-electron chi connectivity index (χ4n) is 6.21. The number of alkyl halides is 6. The molecule has 1 N–H and O–H groups in total. The molecule has 0 radical (unpaired) electrons. The number of methoxy groups -OCH3 is 2. The van der Waals surface area contributed by atoms with Gasteiger partial charge in [-0.15, -0.1) is 0 Å². The Morgan fingerprint density at radius 1 is 0.980 bits per heavy atom. The minimum Gasteiger partial charge on any atom is -0.496 e. The van der Waals surface area contributed by atoms with Gasteiger partial charge >= 0.3 is 18.3 Å². The standard InChI is InChI=1S/C34H35F6N5O6/c1-19-15-44(28-7-6-24(34(38,39)40)31(42-28)51-18-20-4-5-22(33(35,36)37)14-26(20)48-2)10-9-43(19)17-29-41-30-25(45(29)16-23-8-11-50-23)12-21(32(46)47)13-27(30)49-3/h4-7,12-14,19,23H,8-11,15-18H2,1-3H3,(H,46,47)/t19-,23-/m0/s1. The average Bonchev–Trinajstić information content (AvgIpc) is 3.41. The molecule has 4 aromatic rings. The van der Waals surface area contributed by atoms with Crippen LogP contribution in [-0.4, -0.2) is 83.1 Å². The fourth-order valence-corrected chi connectivity index (χ4v) is 6.21. The molecule has 0 unspecified atom stereocenters. The molecule has 2 aromatic heterocycles. The van der Waals surface area contributed by atoms with Gasteiger partial charge in [0.25, 0.3) is 0 Å². The van der Waals surface area contributed by atoms with Gasteiger partial charge in [0.15, 0.2) is 0 Å². The molecule has 2 saturated heterocycles. The molecule has 2 aromatic carbocycles. The minimum atomic E-state index is -4.80. The first-order chi connectivity index (χ1) is 24.2. The van der Waals surface area contributed by atoms with Crippen molar-refractivity contribution in [3.05, 3.63) is 70.5 Å². The lowest BCUT2D eigenvalue weighted by atomic mass is 10.1. The molecule has 2 fully saturated rings. The van der Waals surface area contributed by atoms with Gasteiger partial charge in [0.05, 0.1) is 50.1 Å². The summed E-state index contributed by atoms with van der Waals surface area (Å²) in [7, 11) is 2.61. The molecule has 0 bridgehead atoms. The molecule has 11 nitrogen and oxygen atoms in total. The number of hydrogen-bond acceptors (Lipinski definition) is 9. The van der Waals surface area contributed by atoms with Gasteiger partial charge in [-0.2, -0.15) is 31.3 Å². The summed E-state index contributed by atoms with van der Waals surface area (Å²) < 4.78 is 105. The van der Waals surface area contributed by atoms with E-state index in [1.165, 1.54) is 19.2 Å². The third-order valence-electron chi connectivity index (χ3n) is 9.11. The Bertz CT molecular complexity index is 1910. The molecule has 0 aliphatic carbocycles. The van der Waals surface area contributed by atoms with Crippen LogP contribution in [0.5, 0.6) is 17.4 Å². The second-order valence-electron chi connectivity index (χ2n) is 12.4. The number of hydrogen-bond donors (Lipinski definition) is 1. The van der Waals surface area contributed by atoms with Gasteiger partial charge < -0.3 is 33.5 Å². The Hall–Kier alpha value is -4.77. The normalized spacial score (nSPS) is 18.5. The number of carbonyl (C=O) groups is 1. The number of imidazole rings is 1. The zero-order chi connectivity index (χ0) is 36.7. The lowest BCUT2D eigenvalue weighted by molar-refractivity contribution is -0.139. The van der Waals surface area contributed by atoms with Crippen LogP contribution in [0.4, 0.5) is 32.2 Å². The second-order valence-corrected chi connectivity index (χ2v) is 12.4. The van der Waals surface area contributed by atoms with Crippen molar-refractivity contribution < 1.29 is 55.2 Å². The number of nitrogens with zero attached hydrogens (tertiary/aromatic N) is 5. The smallest absolute Gasteiger partial charge is 0.421 e. The zero-order valence-corrected chi connectivity index (χ0v) is 27.8. The third-order valence-corrected chi connectivity index (χ3v) is 9.11. The highest BCUT2D eigenvalue weighted by Gasteiger charge is 2.37.